The topological polar surface area (TPSA) is 89.8 Å². The van der Waals surface area contributed by atoms with Gasteiger partial charge in [-0.2, -0.15) is 26.7 Å². The van der Waals surface area contributed by atoms with Gasteiger partial charge < -0.3 is 0 Å². The molecule has 0 amide bonds. The number of sulfonamides is 1. The lowest BCUT2D eigenvalue weighted by atomic mass is 10.3. The minimum atomic E-state index is -4.73. The van der Waals surface area contributed by atoms with Gasteiger partial charge in [0.05, 0.1) is 0 Å². The molecule has 1 fully saturated rings. The zero-order chi connectivity index (χ0) is 16.8. The van der Waals surface area contributed by atoms with Crippen LogP contribution in [0, 0.1) is 0 Å². The summed E-state index contributed by atoms with van der Waals surface area (Å²) in [6.07, 6.45) is -1.38. The number of hydrogen-bond donors (Lipinski definition) is 1. The number of anilines is 1. The lowest BCUT2D eigenvalue weighted by molar-refractivity contribution is -0.141. The van der Waals surface area contributed by atoms with Crippen LogP contribution in [0.5, 0.6) is 0 Å². The van der Waals surface area contributed by atoms with Crippen LogP contribution < -0.4 is 4.72 Å². The third-order valence-electron chi connectivity index (χ3n) is 3.30. The summed E-state index contributed by atoms with van der Waals surface area (Å²) in [4.78, 5) is 7.87. The highest BCUT2D eigenvalue weighted by atomic mass is 32.2. The zero-order valence-corrected chi connectivity index (χ0v) is 12.7. The average Bonchev–Trinajstić information content (AvgIpc) is 3.19. The van der Waals surface area contributed by atoms with Gasteiger partial charge in [-0.3, -0.25) is 4.68 Å². The molecule has 1 saturated carbocycles. The smallest absolute Gasteiger partial charge is 0.255 e. The van der Waals surface area contributed by atoms with Gasteiger partial charge >= 0.3 is 6.18 Å². The quantitative estimate of drug-likeness (QED) is 0.912. The van der Waals surface area contributed by atoms with Crippen molar-refractivity contribution in [3.8, 4) is 0 Å². The molecule has 2 heterocycles. The standard InChI is InChI=1S/C12H12F3N5O2S/c1-20-10(6-9(18-20)12(13,14)15)23(21,22)19-11-16-5-4-8(17-11)7-2-3-7/h4-7H,2-3H2,1H3,(H,16,17,19). The van der Waals surface area contributed by atoms with Crippen molar-refractivity contribution in [2.24, 2.45) is 7.05 Å². The van der Waals surface area contributed by atoms with Gasteiger partial charge in [-0.1, -0.05) is 0 Å². The summed E-state index contributed by atoms with van der Waals surface area (Å²) in [5.41, 5.74) is -0.577. The number of aromatic nitrogens is 4. The van der Waals surface area contributed by atoms with Gasteiger partial charge in [-0.25, -0.2) is 14.7 Å². The highest BCUT2D eigenvalue weighted by Gasteiger charge is 2.36. The van der Waals surface area contributed by atoms with Crippen molar-refractivity contribution in [3.63, 3.8) is 0 Å². The molecule has 0 aliphatic heterocycles. The Morgan fingerprint density at radius 3 is 2.61 bits per heavy atom. The molecule has 1 aliphatic carbocycles. The Hall–Kier alpha value is -2.17. The fourth-order valence-electron chi connectivity index (χ4n) is 2.04. The minimum Gasteiger partial charge on any atom is -0.255 e. The van der Waals surface area contributed by atoms with Crippen LogP contribution in [-0.4, -0.2) is 28.2 Å². The van der Waals surface area contributed by atoms with Crippen LogP contribution in [0.3, 0.4) is 0 Å². The van der Waals surface area contributed by atoms with Gasteiger partial charge in [0.1, 0.15) is 0 Å². The number of aryl methyl sites for hydroxylation is 1. The Kier molecular flexibility index (Phi) is 3.54. The molecule has 2 aromatic rings. The fraction of sp³-hybridized carbons (Fsp3) is 0.417. The maximum Gasteiger partial charge on any atom is 0.435 e. The highest BCUT2D eigenvalue weighted by molar-refractivity contribution is 7.92. The molecular formula is C12H12F3N5O2S. The lowest BCUT2D eigenvalue weighted by Gasteiger charge is -2.07. The molecule has 2 aromatic heterocycles. The Bertz CT molecular complexity index is 843. The fourth-order valence-corrected chi connectivity index (χ4v) is 3.14. The summed E-state index contributed by atoms with van der Waals surface area (Å²) in [6, 6.07) is 2.15. The van der Waals surface area contributed by atoms with Crippen LogP contribution >= 0.6 is 0 Å². The number of alkyl halides is 3. The summed E-state index contributed by atoms with van der Waals surface area (Å²) in [5.74, 6) is 0.110. The Labute approximate surface area is 129 Å². The van der Waals surface area contributed by atoms with Crippen LogP contribution in [0.4, 0.5) is 19.1 Å². The van der Waals surface area contributed by atoms with Crippen LogP contribution in [0.25, 0.3) is 0 Å². The maximum absolute atomic E-state index is 12.6. The molecule has 11 heteroatoms. The normalized spacial score (nSPS) is 15.7. The van der Waals surface area contributed by atoms with E-state index < -0.39 is 26.9 Å². The molecule has 3 rings (SSSR count). The average molecular weight is 347 g/mol. The largest absolute Gasteiger partial charge is 0.435 e. The van der Waals surface area contributed by atoms with Crippen molar-refractivity contribution < 1.29 is 21.6 Å². The third kappa shape index (κ3) is 3.28. The predicted molar refractivity (Wildman–Crippen MR) is 73.0 cm³/mol. The number of nitrogens with zero attached hydrogens (tertiary/aromatic N) is 4. The van der Waals surface area contributed by atoms with E-state index in [1.165, 1.54) is 6.20 Å². The van der Waals surface area contributed by atoms with Gasteiger partial charge in [-0.05, 0) is 18.9 Å². The van der Waals surface area contributed by atoms with Crippen molar-refractivity contribution in [1.29, 1.82) is 0 Å². The van der Waals surface area contributed by atoms with E-state index in [4.69, 9.17) is 0 Å². The Balaban J connectivity index is 1.90. The van der Waals surface area contributed by atoms with E-state index in [1.807, 2.05) is 0 Å². The Morgan fingerprint density at radius 2 is 2.04 bits per heavy atom. The van der Waals surface area contributed by atoms with Gasteiger partial charge in [0.25, 0.3) is 10.0 Å². The first-order valence-corrected chi connectivity index (χ1v) is 8.12. The van der Waals surface area contributed by atoms with E-state index in [1.54, 1.807) is 6.07 Å². The number of nitrogens with one attached hydrogen (secondary N) is 1. The molecule has 1 aliphatic rings. The monoisotopic (exact) mass is 347 g/mol. The van der Waals surface area contributed by atoms with E-state index in [-0.39, 0.29) is 11.9 Å². The SMILES string of the molecule is Cn1nc(C(F)(F)F)cc1S(=O)(=O)Nc1nccc(C2CC2)n1. The maximum atomic E-state index is 12.6. The number of hydrogen-bond acceptors (Lipinski definition) is 5. The van der Waals surface area contributed by atoms with E-state index in [9.17, 15) is 21.6 Å². The number of halogens is 3. The Morgan fingerprint density at radius 1 is 1.35 bits per heavy atom. The van der Waals surface area contributed by atoms with Crippen LogP contribution in [0.2, 0.25) is 0 Å². The first-order valence-electron chi connectivity index (χ1n) is 6.64. The van der Waals surface area contributed by atoms with Gasteiger partial charge in [-0.15, -0.1) is 0 Å². The molecule has 0 bridgehead atoms. The zero-order valence-electron chi connectivity index (χ0n) is 11.9. The van der Waals surface area contributed by atoms with Crippen molar-refractivity contribution in [3.05, 3.63) is 29.7 Å². The van der Waals surface area contributed by atoms with Crippen LogP contribution in [0.15, 0.2) is 23.4 Å². The molecule has 124 valence electrons. The molecule has 0 unspecified atom stereocenters. The van der Waals surface area contributed by atoms with Gasteiger partial charge in [0.2, 0.25) is 5.95 Å². The first kappa shape index (κ1) is 15.7. The molecule has 0 radical (unpaired) electrons. The molecule has 0 aromatic carbocycles. The van der Waals surface area contributed by atoms with Crippen molar-refractivity contribution in [2.45, 2.75) is 30.0 Å². The predicted octanol–water partition coefficient (Wildman–Crippen LogP) is 1.91. The second-order valence-corrected chi connectivity index (χ2v) is 6.80. The molecule has 1 N–H and O–H groups in total. The molecule has 23 heavy (non-hydrogen) atoms. The summed E-state index contributed by atoms with van der Waals surface area (Å²) < 4.78 is 65.1. The number of rotatable bonds is 4. The van der Waals surface area contributed by atoms with E-state index in [2.05, 4.69) is 19.8 Å². The van der Waals surface area contributed by atoms with Crippen molar-refractivity contribution in [2.75, 3.05) is 4.72 Å². The minimum absolute atomic E-state index is 0.177. The van der Waals surface area contributed by atoms with Crippen LogP contribution in [-0.2, 0) is 23.2 Å². The van der Waals surface area contributed by atoms with Crippen LogP contribution in [0.1, 0.15) is 30.1 Å². The van der Waals surface area contributed by atoms with Crippen molar-refractivity contribution in [1.82, 2.24) is 19.7 Å². The third-order valence-corrected chi connectivity index (χ3v) is 4.69. The summed E-state index contributed by atoms with van der Waals surface area (Å²) in [5, 5.41) is 2.56. The van der Waals surface area contributed by atoms with Crippen molar-refractivity contribution >= 4 is 16.0 Å². The molecule has 0 spiro atoms. The van der Waals surface area contributed by atoms with E-state index >= 15 is 0 Å². The first-order chi connectivity index (χ1) is 10.7. The molecule has 0 saturated heterocycles. The van der Waals surface area contributed by atoms with E-state index in [0.29, 0.717) is 16.4 Å². The molecule has 0 atom stereocenters. The molecule has 7 nitrogen and oxygen atoms in total. The van der Waals surface area contributed by atoms with Gasteiger partial charge in [0.15, 0.2) is 10.7 Å². The van der Waals surface area contributed by atoms with E-state index in [0.717, 1.165) is 19.9 Å². The second-order valence-electron chi connectivity index (χ2n) is 5.17. The summed E-state index contributed by atoms with van der Waals surface area (Å²) in [7, 11) is -3.16. The highest BCUT2D eigenvalue weighted by Crippen LogP contribution is 2.39. The summed E-state index contributed by atoms with van der Waals surface area (Å²) in [6.45, 7) is 0. The molecular weight excluding hydrogens is 335 g/mol. The second kappa shape index (κ2) is 5.18. The lowest BCUT2D eigenvalue weighted by Crippen LogP contribution is -2.18. The summed E-state index contributed by atoms with van der Waals surface area (Å²) >= 11 is 0. The van der Waals surface area contributed by atoms with Gasteiger partial charge in [0, 0.05) is 30.9 Å².